The van der Waals surface area contributed by atoms with E-state index in [9.17, 15) is 0 Å². The number of rotatable bonds is 2. The molecule has 0 radical (unpaired) electrons. The van der Waals surface area contributed by atoms with Crippen molar-refractivity contribution in [2.24, 2.45) is 5.73 Å². The first-order valence-electron chi connectivity index (χ1n) is 3.25. The zero-order valence-corrected chi connectivity index (χ0v) is 6.99. The van der Waals surface area contributed by atoms with Crippen LogP contribution in [0, 0.1) is 0 Å². The number of hydrogen-bond acceptors (Lipinski definition) is 2. The molecule has 2 N–H and O–H groups in total. The van der Waals surface area contributed by atoms with Gasteiger partial charge in [0.2, 0.25) is 0 Å². The molecule has 0 amide bonds. The number of hydrogen-bond donors (Lipinski definition) is 1. The van der Waals surface area contributed by atoms with E-state index < -0.39 is 0 Å². The SMILES string of the molecule is COCC=C1CC(N)C1.Cl. The van der Waals surface area contributed by atoms with Crippen LogP contribution in [0.3, 0.4) is 0 Å². The molecule has 0 saturated heterocycles. The van der Waals surface area contributed by atoms with Crippen molar-refractivity contribution in [2.75, 3.05) is 13.7 Å². The first-order valence-corrected chi connectivity index (χ1v) is 3.25. The first kappa shape index (κ1) is 9.95. The zero-order valence-electron chi connectivity index (χ0n) is 6.17. The van der Waals surface area contributed by atoms with Gasteiger partial charge in [-0.05, 0) is 12.8 Å². The minimum Gasteiger partial charge on any atom is -0.381 e. The summed E-state index contributed by atoms with van der Waals surface area (Å²) < 4.78 is 4.87. The molecule has 0 unspecified atom stereocenters. The second-order valence-corrected chi connectivity index (χ2v) is 2.49. The summed E-state index contributed by atoms with van der Waals surface area (Å²) in [6, 6.07) is 0.424. The molecule has 0 aliphatic heterocycles. The standard InChI is InChI=1S/C7H13NO.ClH/c1-9-3-2-6-4-7(8)5-6;/h2,7H,3-5,8H2,1H3;1H. The maximum atomic E-state index is 5.56. The Balaban J connectivity index is 0.000000810. The van der Waals surface area contributed by atoms with Crippen molar-refractivity contribution in [2.45, 2.75) is 18.9 Å². The summed E-state index contributed by atoms with van der Waals surface area (Å²) in [5, 5.41) is 0. The van der Waals surface area contributed by atoms with Crippen LogP contribution in [-0.4, -0.2) is 19.8 Å². The van der Waals surface area contributed by atoms with Crippen LogP contribution in [-0.2, 0) is 4.74 Å². The maximum absolute atomic E-state index is 5.56. The molecule has 10 heavy (non-hydrogen) atoms. The fraction of sp³-hybridized carbons (Fsp3) is 0.714. The molecule has 0 heterocycles. The summed E-state index contributed by atoms with van der Waals surface area (Å²) in [5.74, 6) is 0. The molecule has 0 bridgehead atoms. The molecular weight excluding hydrogens is 150 g/mol. The lowest BCUT2D eigenvalue weighted by Gasteiger charge is -2.24. The monoisotopic (exact) mass is 163 g/mol. The van der Waals surface area contributed by atoms with Crippen LogP contribution in [0.25, 0.3) is 0 Å². The van der Waals surface area contributed by atoms with Gasteiger partial charge in [-0.25, -0.2) is 0 Å². The van der Waals surface area contributed by atoms with Gasteiger partial charge in [-0.2, -0.15) is 0 Å². The van der Waals surface area contributed by atoms with Gasteiger partial charge in [-0.1, -0.05) is 11.6 Å². The van der Waals surface area contributed by atoms with E-state index in [1.807, 2.05) is 0 Å². The number of methoxy groups -OCH3 is 1. The van der Waals surface area contributed by atoms with E-state index in [0.717, 1.165) is 19.4 Å². The quantitative estimate of drug-likeness (QED) is 0.619. The van der Waals surface area contributed by atoms with Gasteiger partial charge in [0.15, 0.2) is 0 Å². The summed E-state index contributed by atoms with van der Waals surface area (Å²) in [4.78, 5) is 0. The van der Waals surface area contributed by atoms with Crippen LogP contribution >= 0.6 is 12.4 Å². The van der Waals surface area contributed by atoms with Crippen molar-refractivity contribution in [3.8, 4) is 0 Å². The lowest BCUT2D eigenvalue weighted by molar-refractivity contribution is 0.232. The second kappa shape index (κ2) is 4.72. The average molecular weight is 164 g/mol. The summed E-state index contributed by atoms with van der Waals surface area (Å²) in [7, 11) is 1.70. The van der Waals surface area contributed by atoms with Crippen LogP contribution in [0.5, 0.6) is 0 Å². The Hall–Kier alpha value is -0.0500. The molecule has 0 aromatic heterocycles. The first-order chi connectivity index (χ1) is 4.33. The molecule has 1 fully saturated rings. The smallest absolute Gasteiger partial charge is 0.0646 e. The van der Waals surface area contributed by atoms with Gasteiger partial charge >= 0.3 is 0 Å². The van der Waals surface area contributed by atoms with Crippen molar-refractivity contribution < 1.29 is 4.74 Å². The maximum Gasteiger partial charge on any atom is 0.0646 e. The highest BCUT2D eigenvalue weighted by molar-refractivity contribution is 5.85. The molecule has 3 heteroatoms. The van der Waals surface area contributed by atoms with Crippen molar-refractivity contribution in [1.82, 2.24) is 0 Å². The van der Waals surface area contributed by atoms with Crippen LogP contribution in [0.2, 0.25) is 0 Å². The molecule has 1 aliphatic rings. The summed E-state index contributed by atoms with van der Waals surface area (Å²) in [6.45, 7) is 0.738. The topological polar surface area (TPSA) is 35.2 Å². The lowest BCUT2D eigenvalue weighted by Crippen LogP contribution is -2.30. The Morgan fingerprint density at radius 1 is 1.70 bits per heavy atom. The Bertz CT molecular complexity index is 117. The van der Waals surface area contributed by atoms with E-state index in [1.54, 1.807) is 7.11 Å². The normalized spacial score (nSPS) is 23.0. The largest absolute Gasteiger partial charge is 0.381 e. The van der Waals surface area contributed by atoms with E-state index >= 15 is 0 Å². The van der Waals surface area contributed by atoms with Gasteiger partial charge < -0.3 is 10.5 Å². The third-order valence-corrected chi connectivity index (χ3v) is 1.59. The molecule has 2 nitrogen and oxygen atoms in total. The minimum atomic E-state index is 0. The predicted octanol–water partition coefficient (Wildman–Crippen LogP) is 1.10. The molecule has 0 atom stereocenters. The van der Waals surface area contributed by atoms with Crippen LogP contribution in [0.4, 0.5) is 0 Å². The van der Waals surface area contributed by atoms with E-state index in [4.69, 9.17) is 10.5 Å². The van der Waals surface area contributed by atoms with Crippen LogP contribution < -0.4 is 5.73 Å². The van der Waals surface area contributed by atoms with Crippen molar-refractivity contribution in [3.05, 3.63) is 11.6 Å². The molecule has 1 saturated carbocycles. The van der Waals surface area contributed by atoms with Gasteiger partial charge in [0.25, 0.3) is 0 Å². The molecular formula is C7H14ClNO. The zero-order chi connectivity index (χ0) is 6.69. The molecule has 1 rings (SSSR count). The highest BCUT2D eigenvalue weighted by Gasteiger charge is 2.17. The second-order valence-electron chi connectivity index (χ2n) is 2.49. The molecule has 0 aromatic rings. The third kappa shape index (κ3) is 2.69. The molecule has 60 valence electrons. The van der Waals surface area contributed by atoms with Crippen molar-refractivity contribution in [3.63, 3.8) is 0 Å². The van der Waals surface area contributed by atoms with E-state index in [0.29, 0.717) is 6.04 Å². The number of halogens is 1. The van der Waals surface area contributed by atoms with Crippen molar-refractivity contribution >= 4 is 12.4 Å². The lowest BCUT2D eigenvalue weighted by atomic mass is 9.87. The molecule has 0 aromatic carbocycles. The number of nitrogens with two attached hydrogens (primary N) is 1. The highest BCUT2D eigenvalue weighted by atomic mass is 35.5. The average Bonchev–Trinajstić information content (AvgIpc) is 1.78. The van der Waals surface area contributed by atoms with E-state index in [1.165, 1.54) is 5.57 Å². The summed E-state index contributed by atoms with van der Waals surface area (Å²) >= 11 is 0. The van der Waals surface area contributed by atoms with Crippen molar-refractivity contribution in [1.29, 1.82) is 0 Å². The third-order valence-electron chi connectivity index (χ3n) is 1.59. The van der Waals surface area contributed by atoms with E-state index in [-0.39, 0.29) is 12.4 Å². The van der Waals surface area contributed by atoms with Crippen LogP contribution in [0.1, 0.15) is 12.8 Å². The summed E-state index contributed by atoms with van der Waals surface area (Å²) in [6.07, 6.45) is 4.26. The fourth-order valence-corrected chi connectivity index (χ4v) is 0.982. The predicted molar refractivity (Wildman–Crippen MR) is 44.4 cm³/mol. The fourth-order valence-electron chi connectivity index (χ4n) is 0.982. The van der Waals surface area contributed by atoms with Gasteiger partial charge in [0, 0.05) is 13.2 Å². The Labute approximate surface area is 67.8 Å². The van der Waals surface area contributed by atoms with Crippen LogP contribution in [0.15, 0.2) is 11.6 Å². The molecule has 1 aliphatic carbocycles. The van der Waals surface area contributed by atoms with Gasteiger partial charge in [-0.3, -0.25) is 0 Å². The van der Waals surface area contributed by atoms with Gasteiger partial charge in [-0.15, -0.1) is 12.4 Å². The van der Waals surface area contributed by atoms with Gasteiger partial charge in [0.1, 0.15) is 0 Å². The Morgan fingerprint density at radius 3 is 2.70 bits per heavy atom. The Kier molecular flexibility index (Phi) is 4.69. The molecule has 0 spiro atoms. The highest BCUT2D eigenvalue weighted by Crippen LogP contribution is 2.23. The number of ether oxygens (including phenoxy) is 1. The summed E-state index contributed by atoms with van der Waals surface area (Å²) in [5.41, 5.74) is 7.01. The Morgan fingerprint density at radius 2 is 2.30 bits per heavy atom. The van der Waals surface area contributed by atoms with Gasteiger partial charge in [0.05, 0.1) is 6.61 Å². The minimum absolute atomic E-state index is 0. The van der Waals surface area contributed by atoms with E-state index in [2.05, 4.69) is 6.08 Å².